The third kappa shape index (κ3) is 3.86. The Bertz CT molecular complexity index is 933. The Hall–Kier alpha value is -2.45. The number of ether oxygens (including phenoxy) is 2. The summed E-state index contributed by atoms with van der Waals surface area (Å²) >= 11 is 0. The highest BCUT2D eigenvalue weighted by atomic mass is 16.5. The van der Waals surface area contributed by atoms with Crippen molar-refractivity contribution in [2.24, 2.45) is 0 Å². The number of aryl methyl sites for hydroxylation is 1. The van der Waals surface area contributed by atoms with Gasteiger partial charge < -0.3 is 14.4 Å². The quantitative estimate of drug-likeness (QED) is 0.734. The molecule has 1 fully saturated rings. The van der Waals surface area contributed by atoms with Crippen molar-refractivity contribution >= 4 is 5.91 Å². The molecular weight excluding hydrogens is 372 g/mol. The molecule has 1 spiro atoms. The van der Waals surface area contributed by atoms with Crippen molar-refractivity contribution in [3.8, 4) is 0 Å². The monoisotopic (exact) mass is 400 g/mol. The maximum Gasteiger partial charge on any atom is 0.346 e. The van der Waals surface area contributed by atoms with Crippen LogP contribution in [0.3, 0.4) is 0 Å². The smallest absolute Gasteiger partial charge is 0.346 e. The van der Waals surface area contributed by atoms with E-state index >= 15 is 0 Å². The molecular formula is C21H28N4O4. The van der Waals surface area contributed by atoms with E-state index in [1.54, 1.807) is 11.7 Å². The summed E-state index contributed by atoms with van der Waals surface area (Å²) in [7, 11) is 1.60. The number of methoxy groups -OCH3 is 1. The molecule has 4 rings (SSSR count). The lowest BCUT2D eigenvalue weighted by atomic mass is 10.0. The van der Waals surface area contributed by atoms with Crippen LogP contribution in [0, 0.1) is 0 Å². The maximum absolute atomic E-state index is 12.9. The van der Waals surface area contributed by atoms with Crippen molar-refractivity contribution in [2.75, 3.05) is 26.8 Å². The molecule has 2 aliphatic rings. The van der Waals surface area contributed by atoms with Gasteiger partial charge >= 0.3 is 5.69 Å². The summed E-state index contributed by atoms with van der Waals surface area (Å²) in [5.41, 5.74) is 1.28. The molecule has 1 aromatic heterocycles. The zero-order chi connectivity index (χ0) is 20.4. The second kappa shape index (κ2) is 8.12. The van der Waals surface area contributed by atoms with E-state index in [4.69, 9.17) is 9.47 Å². The van der Waals surface area contributed by atoms with Gasteiger partial charge in [-0.3, -0.25) is 9.36 Å². The van der Waals surface area contributed by atoms with Gasteiger partial charge in [-0.15, -0.1) is 0 Å². The standard InChI is InChI=1S/C21H28N4O4/c1-3-4-16-5-7-17(8-6-16)19(26)23-10-9-21(14-23)15-24-18(13-29-21)22-25(20(24)27)11-12-28-2/h5-8H,3-4,9-15H2,1-2H3. The highest BCUT2D eigenvalue weighted by Gasteiger charge is 2.45. The zero-order valence-corrected chi connectivity index (χ0v) is 17.1. The van der Waals surface area contributed by atoms with Crippen molar-refractivity contribution in [3.05, 3.63) is 51.7 Å². The molecule has 2 aromatic rings. The molecule has 0 aliphatic carbocycles. The highest BCUT2D eigenvalue weighted by Crippen LogP contribution is 2.32. The number of aromatic nitrogens is 3. The van der Waals surface area contributed by atoms with Gasteiger partial charge in [-0.1, -0.05) is 25.5 Å². The van der Waals surface area contributed by atoms with Crippen molar-refractivity contribution in [2.45, 2.75) is 51.5 Å². The van der Waals surface area contributed by atoms with Crippen LogP contribution in [0.4, 0.5) is 0 Å². The lowest BCUT2D eigenvalue weighted by molar-refractivity contribution is -0.0816. The Balaban J connectivity index is 1.46. The lowest BCUT2D eigenvalue weighted by Crippen LogP contribution is -2.47. The SMILES string of the molecule is CCCc1ccc(C(=O)N2CCC3(C2)Cn2c(nn(CCOC)c2=O)CO3)cc1. The third-order valence-corrected chi connectivity index (χ3v) is 5.80. The van der Waals surface area contributed by atoms with Gasteiger partial charge in [0.15, 0.2) is 5.82 Å². The van der Waals surface area contributed by atoms with Crippen LogP contribution in [-0.4, -0.2) is 57.6 Å². The average molecular weight is 400 g/mol. The van der Waals surface area contributed by atoms with E-state index in [9.17, 15) is 9.59 Å². The van der Waals surface area contributed by atoms with Crippen LogP contribution in [0.2, 0.25) is 0 Å². The van der Waals surface area contributed by atoms with Crippen molar-refractivity contribution < 1.29 is 14.3 Å². The van der Waals surface area contributed by atoms with Crippen LogP contribution in [0.15, 0.2) is 29.1 Å². The minimum absolute atomic E-state index is 0.0162. The minimum Gasteiger partial charge on any atom is -0.383 e. The highest BCUT2D eigenvalue weighted by molar-refractivity contribution is 5.94. The molecule has 29 heavy (non-hydrogen) atoms. The van der Waals surface area contributed by atoms with E-state index in [0.29, 0.717) is 50.6 Å². The molecule has 1 atom stereocenters. The fraction of sp³-hybridized carbons (Fsp3) is 0.571. The summed E-state index contributed by atoms with van der Waals surface area (Å²) in [4.78, 5) is 27.4. The molecule has 0 bridgehead atoms. The van der Waals surface area contributed by atoms with Crippen LogP contribution in [0.25, 0.3) is 0 Å². The topological polar surface area (TPSA) is 78.6 Å². The predicted molar refractivity (Wildman–Crippen MR) is 107 cm³/mol. The Labute approximate surface area is 170 Å². The fourth-order valence-electron chi connectivity index (χ4n) is 4.18. The average Bonchev–Trinajstić information content (AvgIpc) is 3.28. The molecule has 0 N–H and O–H groups in total. The molecule has 1 aromatic carbocycles. The third-order valence-electron chi connectivity index (χ3n) is 5.80. The first-order chi connectivity index (χ1) is 14.0. The largest absolute Gasteiger partial charge is 0.383 e. The minimum atomic E-state index is -0.524. The second-order valence-electron chi connectivity index (χ2n) is 7.90. The van der Waals surface area contributed by atoms with Gasteiger partial charge in [0.2, 0.25) is 0 Å². The summed E-state index contributed by atoms with van der Waals surface area (Å²) in [6, 6.07) is 7.87. The lowest BCUT2D eigenvalue weighted by Gasteiger charge is -2.33. The van der Waals surface area contributed by atoms with Crippen LogP contribution in [0.1, 0.15) is 41.5 Å². The first-order valence-corrected chi connectivity index (χ1v) is 10.2. The van der Waals surface area contributed by atoms with Crippen LogP contribution in [-0.2, 0) is 35.6 Å². The molecule has 8 nitrogen and oxygen atoms in total. The number of benzene rings is 1. The molecule has 1 amide bonds. The molecule has 0 radical (unpaired) electrons. The van der Waals surface area contributed by atoms with Crippen molar-refractivity contribution in [1.29, 1.82) is 0 Å². The van der Waals surface area contributed by atoms with Gasteiger partial charge in [0.25, 0.3) is 5.91 Å². The summed E-state index contributed by atoms with van der Waals surface area (Å²) in [6.07, 6.45) is 2.81. The maximum atomic E-state index is 12.9. The van der Waals surface area contributed by atoms with Crippen LogP contribution < -0.4 is 5.69 Å². The van der Waals surface area contributed by atoms with E-state index in [0.717, 1.165) is 12.8 Å². The number of rotatable bonds is 6. The van der Waals surface area contributed by atoms with E-state index in [1.165, 1.54) is 10.2 Å². The predicted octanol–water partition coefficient (Wildman–Crippen LogP) is 1.46. The number of nitrogens with zero attached hydrogens (tertiary/aromatic N) is 4. The van der Waals surface area contributed by atoms with Crippen molar-refractivity contribution in [1.82, 2.24) is 19.2 Å². The first kappa shape index (κ1) is 19.8. The summed E-state index contributed by atoms with van der Waals surface area (Å²) in [6.45, 7) is 4.80. The zero-order valence-electron chi connectivity index (χ0n) is 17.1. The van der Waals surface area contributed by atoms with Gasteiger partial charge in [0.05, 0.1) is 26.2 Å². The number of carbonyl (C=O) groups excluding carboxylic acids is 1. The number of hydrogen-bond donors (Lipinski definition) is 0. The summed E-state index contributed by atoms with van der Waals surface area (Å²) in [5.74, 6) is 0.649. The second-order valence-corrected chi connectivity index (χ2v) is 7.90. The van der Waals surface area contributed by atoms with Crippen LogP contribution in [0.5, 0.6) is 0 Å². The number of amides is 1. The molecule has 0 saturated carbocycles. The summed E-state index contributed by atoms with van der Waals surface area (Å²) < 4.78 is 14.3. The molecule has 2 aliphatic heterocycles. The molecule has 8 heteroatoms. The van der Waals surface area contributed by atoms with Gasteiger partial charge in [0, 0.05) is 19.2 Å². The Morgan fingerprint density at radius 3 is 2.79 bits per heavy atom. The molecule has 3 heterocycles. The Morgan fingerprint density at radius 2 is 2.07 bits per heavy atom. The number of hydrogen-bond acceptors (Lipinski definition) is 5. The van der Waals surface area contributed by atoms with Crippen molar-refractivity contribution in [3.63, 3.8) is 0 Å². The molecule has 156 valence electrons. The Kier molecular flexibility index (Phi) is 5.56. The van der Waals surface area contributed by atoms with Gasteiger partial charge in [0.1, 0.15) is 12.2 Å². The number of carbonyl (C=O) groups is 1. The van der Waals surface area contributed by atoms with E-state index < -0.39 is 5.60 Å². The van der Waals surface area contributed by atoms with E-state index in [2.05, 4.69) is 12.0 Å². The van der Waals surface area contributed by atoms with Crippen LogP contribution >= 0.6 is 0 Å². The number of fused-ring (bicyclic) bond motifs is 1. The normalized spacial score (nSPS) is 21.0. The van der Waals surface area contributed by atoms with Gasteiger partial charge in [-0.2, -0.15) is 5.10 Å². The van der Waals surface area contributed by atoms with Gasteiger partial charge in [-0.25, -0.2) is 9.48 Å². The Morgan fingerprint density at radius 1 is 1.28 bits per heavy atom. The van der Waals surface area contributed by atoms with E-state index in [1.807, 2.05) is 29.2 Å². The fourth-order valence-corrected chi connectivity index (χ4v) is 4.18. The summed E-state index contributed by atoms with van der Waals surface area (Å²) in [5, 5.41) is 4.35. The van der Waals surface area contributed by atoms with Gasteiger partial charge in [-0.05, 0) is 30.5 Å². The number of likely N-dealkylation sites (tertiary alicyclic amines) is 1. The molecule has 1 saturated heterocycles. The van der Waals surface area contributed by atoms with E-state index in [-0.39, 0.29) is 18.2 Å². The molecule has 1 unspecified atom stereocenters. The first-order valence-electron chi connectivity index (χ1n) is 10.2.